The van der Waals surface area contributed by atoms with Crippen LogP contribution < -0.4 is 10.2 Å². The number of rotatable bonds is 4. The topological polar surface area (TPSA) is 45.2 Å². The third kappa shape index (κ3) is 4.17. The fourth-order valence-electron chi connectivity index (χ4n) is 2.12. The number of carbonyl (C=O) groups is 1. The Morgan fingerprint density at radius 2 is 1.92 bits per heavy atom. The summed E-state index contributed by atoms with van der Waals surface area (Å²) in [6, 6.07) is 7.72. The predicted octanol–water partition coefficient (Wildman–Crippen LogP) is 3.75. The van der Waals surface area contributed by atoms with Gasteiger partial charge in [0.1, 0.15) is 5.82 Å². The van der Waals surface area contributed by atoms with Crippen LogP contribution in [-0.2, 0) is 12.7 Å². The third-order valence-electron chi connectivity index (χ3n) is 3.37. The highest BCUT2D eigenvalue weighted by atomic mass is 35.5. The van der Waals surface area contributed by atoms with Gasteiger partial charge in [-0.15, -0.1) is 0 Å². The van der Waals surface area contributed by atoms with Crippen LogP contribution in [0.2, 0.25) is 5.02 Å². The number of halogens is 4. The van der Waals surface area contributed by atoms with Crippen molar-refractivity contribution in [1.82, 2.24) is 10.3 Å². The van der Waals surface area contributed by atoms with Gasteiger partial charge in [-0.05, 0) is 23.8 Å². The summed E-state index contributed by atoms with van der Waals surface area (Å²) in [5.74, 6) is 0.0578. The largest absolute Gasteiger partial charge is 0.417 e. The molecule has 0 saturated heterocycles. The Kier molecular flexibility index (Phi) is 5.33. The van der Waals surface area contributed by atoms with Gasteiger partial charge >= 0.3 is 6.18 Å². The van der Waals surface area contributed by atoms with Gasteiger partial charge in [0.2, 0.25) is 0 Å². The van der Waals surface area contributed by atoms with Gasteiger partial charge < -0.3 is 10.2 Å². The highest BCUT2D eigenvalue weighted by Crippen LogP contribution is 2.33. The van der Waals surface area contributed by atoms with E-state index in [9.17, 15) is 18.0 Å². The summed E-state index contributed by atoms with van der Waals surface area (Å²) >= 11 is 5.93. The molecule has 1 amide bonds. The van der Waals surface area contributed by atoms with Gasteiger partial charge in [-0.2, -0.15) is 13.2 Å². The summed E-state index contributed by atoms with van der Waals surface area (Å²) in [6.45, 7) is 0.381. The highest BCUT2D eigenvalue weighted by molar-refractivity contribution is 6.33. The summed E-state index contributed by atoms with van der Waals surface area (Å²) < 4.78 is 37.9. The first kappa shape index (κ1) is 18.1. The van der Waals surface area contributed by atoms with Gasteiger partial charge in [-0.3, -0.25) is 4.79 Å². The Morgan fingerprint density at radius 1 is 1.29 bits per heavy atom. The minimum Gasteiger partial charge on any atom is -0.355 e. The molecule has 1 heterocycles. The van der Waals surface area contributed by atoms with Crippen molar-refractivity contribution in [2.75, 3.05) is 19.0 Å². The summed E-state index contributed by atoms with van der Waals surface area (Å²) in [5, 5.41) is 2.45. The van der Waals surface area contributed by atoms with E-state index in [1.165, 1.54) is 0 Å². The molecule has 0 bridgehead atoms. The molecule has 0 saturated carbocycles. The Morgan fingerprint density at radius 3 is 2.42 bits per heavy atom. The number of alkyl halides is 3. The minimum atomic E-state index is -4.48. The number of nitrogens with one attached hydrogen (secondary N) is 1. The predicted molar refractivity (Wildman–Crippen MR) is 86.2 cm³/mol. The molecule has 0 aliphatic carbocycles. The van der Waals surface area contributed by atoms with E-state index in [2.05, 4.69) is 10.3 Å². The van der Waals surface area contributed by atoms with Crippen molar-refractivity contribution in [2.24, 2.45) is 0 Å². The molecular weight excluding hydrogens is 343 g/mol. The maximum atomic E-state index is 12.6. The zero-order valence-corrected chi connectivity index (χ0v) is 13.7. The van der Waals surface area contributed by atoms with E-state index in [1.807, 2.05) is 0 Å². The second kappa shape index (κ2) is 7.09. The van der Waals surface area contributed by atoms with Crippen LogP contribution in [0, 0.1) is 0 Å². The lowest BCUT2D eigenvalue weighted by molar-refractivity contribution is -0.137. The van der Waals surface area contributed by atoms with E-state index in [-0.39, 0.29) is 16.7 Å². The minimum absolute atomic E-state index is 0.0747. The van der Waals surface area contributed by atoms with Crippen molar-refractivity contribution in [1.29, 1.82) is 0 Å². The van der Waals surface area contributed by atoms with Crippen molar-refractivity contribution in [2.45, 2.75) is 12.7 Å². The van der Waals surface area contributed by atoms with Gasteiger partial charge in [0.25, 0.3) is 5.91 Å². The maximum absolute atomic E-state index is 12.6. The molecule has 0 fully saturated rings. The lowest BCUT2D eigenvalue weighted by Gasteiger charge is -2.20. The number of aromatic nitrogens is 1. The number of hydrogen-bond donors (Lipinski definition) is 1. The average molecular weight is 358 g/mol. The van der Waals surface area contributed by atoms with Crippen molar-refractivity contribution in [3.63, 3.8) is 0 Å². The zero-order chi connectivity index (χ0) is 17.9. The number of nitrogens with zero attached hydrogens (tertiary/aromatic N) is 2. The first-order valence-electron chi connectivity index (χ1n) is 6.97. The number of hydrogen-bond acceptors (Lipinski definition) is 3. The van der Waals surface area contributed by atoms with Crippen LogP contribution >= 0.6 is 11.6 Å². The number of pyridine rings is 1. The number of amides is 1. The van der Waals surface area contributed by atoms with Crippen LogP contribution in [0.1, 0.15) is 21.5 Å². The van der Waals surface area contributed by atoms with E-state index in [0.29, 0.717) is 12.1 Å². The normalized spacial score (nSPS) is 11.2. The van der Waals surface area contributed by atoms with Gasteiger partial charge in [-0.25, -0.2) is 4.98 Å². The Hall–Kier alpha value is -2.28. The van der Waals surface area contributed by atoms with Crippen molar-refractivity contribution in [3.8, 4) is 0 Å². The lowest BCUT2D eigenvalue weighted by atomic mass is 10.1. The molecule has 0 radical (unpaired) electrons. The standard InChI is InChI=1S/C16H15ClF3N3O/c1-21-15(24)11-5-3-10(4-6-11)9-23(2)14-13(17)7-12(8-22-14)16(18,19)20/h3-8H,9H2,1-2H3,(H,21,24). The second-order valence-electron chi connectivity index (χ2n) is 5.16. The molecule has 2 rings (SSSR count). The van der Waals surface area contributed by atoms with Gasteiger partial charge in [0.05, 0.1) is 10.6 Å². The van der Waals surface area contributed by atoms with Crippen LogP contribution in [0.25, 0.3) is 0 Å². The van der Waals surface area contributed by atoms with Crippen molar-refractivity contribution >= 4 is 23.3 Å². The number of benzene rings is 1. The molecule has 0 atom stereocenters. The fraction of sp³-hybridized carbons (Fsp3) is 0.250. The first-order valence-corrected chi connectivity index (χ1v) is 7.35. The molecule has 128 valence electrons. The third-order valence-corrected chi connectivity index (χ3v) is 3.65. The number of anilines is 1. The molecule has 0 spiro atoms. The molecule has 0 aliphatic rings. The van der Waals surface area contributed by atoms with Gasteiger partial charge in [-0.1, -0.05) is 23.7 Å². The smallest absolute Gasteiger partial charge is 0.355 e. The van der Waals surface area contributed by atoms with E-state index in [0.717, 1.165) is 17.8 Å². The highest BCUT2D eigenvalue weighted by Gasteiger charge is 2.31. The maximum Gasteiger partial charge on any atom is 0.417 e. The first-order chi connectivity index (χ1) is 11.2. The second-order valence-corrected chi connectivity index (χ2v) is 5.57. The summed E-state index contributed by atoms with van der Waals surface area (Å²) in [4.78, 5) is 16.9. The molecule has 0 aliphatic heterocycles. The lowest BCUT2D eigenvalue weighted by Crippen LogP contribution is -2.20. The molecule has 2 aromatic rings. The number of carbonyl (C=O) groups excluding carboxylic acids is 1. The van der Waals surface area contributed by atoms with Crippen molar-refractivity contribution < 1.29 is 18.0 Å². The fourth-order valence-corrected chi connectivity index (χ4v) is 2.43. The molecule has 4 nitrogen and oxygen atoms in total. The quantitative estimate of drug-likeness (QED) is 0.906. The van der Waals surface area contributed by atoms with E-state index in [4.69, 9.17) is 11.6 Å². The summed E-state index contributed by atoms with van der Waals surface area (Å²) in [5.41, 5.74) is 0.497. The van der Waals surface area contributed by atoms with Crippen molar-refractivity contribution in [3.05, 3.63) is 58.2 Å². The molecular formula is C16H15ClF3N3O. The molecule has 24 heavy (non-hydrogen) atoms. The average Bonchev–Trinajstić information content (AvgIpc) is 2.53. The van der Waals surface area contributed by atoms with Crippen LogP contribution in [0.4, 0.5) is 19.0 Å². The van der Waals surface area contributed by atoms with Gasteiger partial charge in [0, 0.05) is 32.4 Å². The molecule has 8 heteroatoms. The molecule has 1 N–H and O–H groups in total. The van der Waals surface area contributed by atoms with E-state index < -0.39 is 11.7 Å². The molecule has 1 aromatic heterocycles. The van der Waals surface area contributed by atoms with Crippen LogP contribution in [0.5, 0.6) is 0 Å². The zero-order valence-electron chi connectivity index (χ0n) is 13.0. The molecule has 1 aromatic carbocycles. The Labute approximate surface area is 142 Å². The molecule has 0 unspecified atom stereocenters. The van der Waals surface area contributed by atoms with Crippen LogP contribution in [-0.4, -0.2) is 25.0 Å². The van der Waals surface area contributed by atoms with Crippen LogP contribution in [0.15, 0.2) is 36.5 Å². The van der Waals surface area contributed by atoms with E-state index >= 15 is 0 Å². The monoisotopic (exact) mass is 357 g/mol. The Balaban J connectivity index is 2.15. The van der Waals surface area contributed by atoms with Crippen LogP contribution in [0.3, 0.4) is 0 Å². The summed E-state index contributed by atoms with van der Waals surface area (Å²) in [7, 11) is 3.22. The Bertz CT molecular complexity index is 732. The SMILES string of the molecule is CNC(=O)c1ccc(CN(C)c2ncc(C(F)(F)F)cc2Cl)cc1. The van der Waals surface area contributed by atoms with E-state index in [1.54, 1.807) is 43.3 Å². The summed E-state index contributed by atoms with van der Waals surface area (Å²) in [6.07, 6.45) is -3.73. The van der Waals surface area contributed by atoms with Gasteiger partial charge in [0.15, 0.2) is 0 Å².